The monoisotopic (exact) mass is 361 g/mol. The second-order valence-electron chi connectivity index (χ2n) is 7.30. The number of piperidine rings is 1. The van der Waals surface area contributed by atoms with Gasteiger partial charge >= 0.3 is 0 Å². The van der Waals surface area contributed by atoms with Gasteiger partial charge in [0.25, 0.3) is 0 Å². The molecule has 3 rings (SSSR count). The van der Waals surface area contributed by atoms with Crippen molar-refractivity contribution in [3.8, 4) is 0 Å². The van der Waals surface area contributed by atoms with Crippen molar-refractivity contribution in [3.05, 3.63) is 29.8 Å². The molecule has 1 amide bonds. The Kier molecular flexibility index (Phi) is 6.79. The minimum Gasteiger partial charge on any atom is -0.340 e. The smallest absolute Gasteiger partial charge is 0.239 e. The Bertz CT molecular complexity index is 563. The third-order valence-corrected chi connectivity index (χ3v) is 6.26. The van der Waals surface area contributed by atoms with Gasteiger partial charge in [-0.1, -0.05) is 18.6 Å². The SMILES string of the molecule is CSc1ccc(CN2CCCN(C(=O)C3CCCCN3C)CC2)cc1. The molecule has 2 saturated heterocycles. The third-order valence-electron chi connectivity index (χ3n) is 5.52. The van der Waals surface area contributed by atoms with E-state index in [1.54, 1.807) is 11.8 Å². The standard InChI is InChI=1S/C20H31N3OS/c1-21-11-4-3-6-19(21)20(24)23-13-5-12-22(14-15-23)16-17-7-9-18(25-2)10-8-17/h7-10,19H,3-6,11-16H2,1-2H3. The molecule has 1 unspecified atom stereocenters. The first-order valence-electron chi connectivity index (χ1n) is 9.51. The molecule has 25 heavy (non-hydrogen) atoms. The summed E-state index contributed by atoms with van der Waals surface area (Å²) in [5.41, 5.74) is 1.37. The van der Waals surface area contributed by atoms with Gasteiger partial charge < -0.3 is 4.90 Å². The molecule has 1 aromatic rings. The van der Waals surface area contributed by atoms with E-state index in [4.69, 9.17) is 0 Å². The predicted octanol–water partition coefficient (Wildman–Crippen LogP) is 2.93. The van der Waals surface area contributed by atoms with Gasteiger partial charge in [-0.05, 0) is 56.8 Å². The predicted molar refractivity (Wildman–Crippen MR) is 105 cm³/mol. The third kappa shape index (κ3) is 4.99. The maximum atomic E-state index is 12.9. The molecule has 2 aliphatic rings. The molecule has 0 saturated carbocycles. The molecule has 0 aromatic heterocycles. The molecule has 0 N–H and O–H groups in total. The van der Waals surface area contributed by atoms with Gasteiger partial charge in [0.1, 0.15) is 0 Å². The lowest BCUT2D eigenvalue weighted by atomic mass is 10.0. The van der Waals surface area contributed by atoms with Crippen molar-refractivity contribution >= 4 is 17.7 Å². The Morgan fingerprint density at radius 3 is 2.56 bits per heavy atom. The number of rotatable bonds is 4. The quantitative estimate of drug-likeness (QED) is 0.771. The number of hydrogen-bond acceptors (Lipinski definition) is 4. The summed E-state index contributed by atoms with van der Waals surface area (Å²) in [6, 6.07) is 8.98. The first-order valence-corrected chi connectivity index (χ1v) is 10.7. The molecule has 1 atom stereocenters. The highest BCUT2D eigenvalue weighted by atomic mass is 32.2. The van der Waals surface area contributed by atoms with Crippen molar-refractivity contribution in [2.24, 2.45) is 0 Å². The van der Waals surface area contributed by atoms with Gasteiger partial charge in [0, 0.05) is 37.6 Å². The van der Waals surface area contributed by atoms with Crippen LogP contribution in [0.25, 0.3) is 0 Å². The second-order valence-corrected chi connectivity index (χ2v) is 8.17. The molecular weight excluding hydrogens is 330 g/mol. The van der Waals surface area contributed by atoms with Crippen LogP contribution >= 0.6 is 11.8 Å². The number of likely N-dealkylation sites (tertiary alicyclic amines) is 1. The highest BCUT2D eigenvalue weighted by molar-refractivity contribution is 7.98. The summed E-state index contributed by atoms with van der Waals surface area (Å²) in [6.07, 6.45) is 6.62. The van der Waals surface area contributed by atoms with E-state index >= 15 is 0 Å². The van der Waals surface area contributed by atoms with Gasteiger partial charge in [0.15, 0.2) is 0 Å². The summed E-state index contributed by atoms with van der Waals surface area (Å²) in [4.78, 5) is 21.1. The minimum atomic E-state index is 0.111. The van der Waals surface area contributed by atoms with Gasteiger partial charge in [-0.3, -0.25) is 14.6 Å². The maximum absolute atomic E-state index is 12.9. The van der Waals surface area contributed by atoms with Crippen LogP contribution in [0.4, 0.5) is 0 Å². The Balaban J connectivity index is 1.53. The molecule has 0 radical (unpaired) electrons. The molecular formula is C20H31N3OS. The van der Waals surface area contributed by atoms with E-state index in [1.807, 2.05) is 0 Å². The fourth-order valence-corrected chi connectivity index (χ4v) is 4.34. The first kappa shape index (κ1) is 18.7. The number of benzene rings is 1. The van der Waals surface area contributed by atoms with Gasteiger partial charge in [-0.15, -0.1) is 11.8 Å². The minimum absolute atomic E-state index is 0.111. The van der Waals surface area contributed by atoms with Crippen LogP contribution in [0.5, 0.6) is 0 Å². The topological polar surface area (TPSA) is 26.8 Å². The maximum Gasteiger partial charge on any atom is 0.239 e. The summed E-state index contributed by atoms with van der Waals surface area (Å²) in [6.45, 7) is 5.88. The van der Waals surface area contributed by atoms with E-state index in [0.29, 0.717) is 5.91 Å². The molecule has 0 aliphatic carbocycles. The van der Waals surface area contributed by atoms with Gasteiger partial charge in [-0.25, -0.2) is 0 Å². The first-order chi connectivity index (χ1) is 12.2. The highest BCUT2D eigenvalue weighted by Gasteiger charge is 2.30. The van der Waals surface area contributed by atoms with E-state index in [9.17, 15) is 4.79 Å². The summed E-state index contributed by atoms with van der Waals surface area (Å²) in [5.74, 6) is 0.355. The Labute approximate surface area is 156 Å². The number of carbonyl (C=O) groups is 1. The van der Waals surface area contributed by atoms with Crippen LogP contribution in [0, 0.1) is 0 Å². The zero-order valence-electron chi connectivity index (χ0n) is 15.6. The lowest BCUT2D eigenvalue weighted by Gasteiger charge is -2.35. The second kappa shape index (κ2) is 9.06. The normalized spacial score (nSPS) is 23.4. The molecule has 5 heteroatoms. The van der Waals surface area contributed by atoms with Crippen LogP contribution in [0.3, 0.4) is 0 Å². The van der Waals surface area contributed by atoms with Crippen molar-refractivity contribution in [2.75, 3.05) is 46.0 Å². The van der Waals surface area contributed by atoms with E-state index < -0.39 is 0 Å². The van der Waals surface area contributed by atoms with Gasteiger partial charge in [0.2, 0.25) is 5.91 Å². The summed E-state index contributed by atoms with van der Waals surface area (Å²) < 4.78 is 0. The number of likely N-dealkylation sites (N-methyl/N-ethyl adjacent to an activating group) is 1. The van der Waals surface area contributed by atoms with Crippen LogP contribution in [0.15, 0.2) is 29.2 Å². The van der Waals surface area contributed by atoms with Crippen LogP contribution in [0.2, 0.25) is 0 Å². The van der Waals surface area contributed by atoms with Crippen molar-refractivity contribution in [2.45, 2.75) is 43.2 Å². The van der Waals surface area contributed by atoms with E-state index in [0.717, 1.165) is 52.1 Å². The molecule has 2 fully saturated rings. The molecule has 138 valence electrons. The molecule has 2 aliphatic heterocycles. The summed E-state index contributed by atoms with van der Waals surface area (Å²) in [5, 5.41) is 0. The molecule has 2 heterocycles. The number of nitrogens with zero attached hydrogens (tertiary/aromatic N) is 3. The lowest BCUT2D eigenvalue weighted by molar-refractivity contribution is -0.137. The fraction of sp³-hybridized carbons (Fsp3) is 0.650. The number of thioether (sulfide) groups is 1. The number of carbonyl (C=O) groups excluding carboxylic acids is 1. The number of hydrogen-bond donors (Lipinski definition) is 0. The molecule has 4 nitrogen and oxygen atoms in total. The largest absolute Gasteiger partial charge is 0.340 e. The average molecular weight is 362 g/mol. The van der Waals surface area contributed by atoms with E-state index in [-0.39, 0.29) is 6.04 Å². The highest BCUT2D eigenvalue weighted by Crippen LogP contribution is 2.19. The van der Waals surface area contributed by atoms with Crippen LogP contribution < -0.4 is 0 Å². The molecule has 1 aromatic carbocycles. The molecule has 0 spiro atoms. The van der Waals surface area contributed by atoms with Crippen molar-refractivity contribution in [1.82, 2.24) is 14.7 Å². The fourth-order valence-electron chi connectivity index (χ4n) is 3.94. The van der Waals surface area contributed by atoms with Crippen LogP contribution in [-0.2, 0) is 11.3 Å². The van der Waals surface area contributed by atoms with Gasteiger partial charge in [-0.2, -0.15) is 0 Å². The summed E-state index contributed by atoms with van der Waals surface area (Å²) in [7, 11) is 2.10. The Morgan fingerprint density at radius 1 is 1.04 bits per heavy atom. The van der Waals surface area contributed by atoms with Crippen LogP contribution in [0.1, 0.15) is 31.2 Å². The lowest BCUT2D eigenvalue weighted by Crippen LogP contribution is -2.50. The summed E-state index contributed by atoms with van der Waals surface area (Å²) >= 11 is 1.78. The zero-order chi connectivity index (χ0) is 17.6. The van der Waals surface area contributed by atoms with Crippen molar-refractivity contribution in [3.63, 3.8) is 0 Å². The van der Waals surface area contributed by atoms with Crippen molar-refractivity contribution < 1.29 is 4.79 Å². The average Bonchev–Trinajstić information content (AvgIpc) is 2.88. The molecule has 0 bridgehead atoms. The van der Waals surface area contributed by atoms with Crippen LogP contribution in [-0.4, -0.2) is 72.7 Å². The Morgan fingerprint density at radius 2 is 1.84 bits per heavy atom. The van der Waals surface area contributed by atoms with E-state index in [2.05, 4.69) is 52.3 Å². The van der Waals surface area contributed by atoms with Gasteiger partial charge in [0.05, 0.1) is 6.04 Å². The number of amides is 1. The zero-order valence-corrected chi connectivity index (χ0v) is 16.4. The Hall–Kier alpha value is -1.04. The van der Waals surface area contributed by atoms with Crippen molar-refractivity contribution in [1.29, 1.82) is 0 Å². The van der Waals surface area contributed by atoms with E-state index in [1.165, 1.54) is 23.3 Å².